The Bertz CT molecular complexity index is 807. The molecule has 8 nitrogen and oxygen atoms in total. The van der Waals surface area contributed by atoms with E-state index in [2.05, 4.69) is 20.8 Å². The normalized spacial score (nSPS) is 18.7. The molecule has 3 atom stereocenters. The summed E-state index contributed by atoms with van der Waals surface area (Å²) in [5, 5.41) is 9.74. The number of benzene rings is 1. The maximum atomic E-state index is 12.9. The van der Waals surface area contributed by atoms with Crippen LogP contribution in [0.2, 0.25) is 0 Å². The zero-order chi connectivity index (χ0) is 20.1. The van der Waals surface area contributed by atoms with Gasteiger partial charge in [-0.15, -0.1) is 0 Å². The number of likely N-dealkylation sites (N-methyl/N-ethyl adjacent to an activating group) is 1. The first-order valence-electron chi connectivity index (χ1n) is 9.64. The van der Waals surface area contributed by atoms with E-state index in [9.17, 15) is 9.59 Å². The minimum absolute atomic E-state index is 0.131. The summed E-state index contributed by atoms with van der Waals surface area (Å²) < 4.78 is 5.40. The van der Waals surface area contributed by atoms with Crippen LogP contribution in [0, 0.1) is 0 Å². The number of carbonyl (C=O) groups excluding carboxylic acids is 2. The summed E-state index contributed by atoms with van der Waals surface area (Å²) in [7, 11) is 1.70. The van der Waals surface area contributed by atoms with Crippen molar-refractivity contribution in [3.63, 3.8) is 0 Å². The summed E-state index contributed by atoms with van der Waals surface area (Å²) in [6, 6.07) is 8.71. The largest absolute Gasteiger partial charge is 0.343 e. The molecular weight excluding hydrogens is 358 g/mol. The zero-order valence-corrected chi connectivity index (χ0v) is 16.5. The molecule has 8 heteroatoms. The van der Waals surface area contributed by atoms with Gasteiger partial charge in [0.1, 0.15) is 6.04 Å². The Morgan fingerprint density at radius 3 is 2.71 bits per heavy atom. The smallest absolute Gasteiger partial charge is 0.245 e. The Labute approximate surface area is 164 Å². The molecule has 1 fully saturated rings. The average molecular weight is 385 g/mol. The number of likely N-dealkylation sites (tertiary alicyclic amines) is 1. The Morgan fingerprint density at radius 2 is 2.00 bits per heavy atom. The lowest BCUT2D eigenvalue weighted by Gasteiger charge is -2.26. The van der Waals surface area contributed by atoms with Gasteiger partial charge in [-0.1, -0.05) is 35.5 Å². The molecular formula is C20H27N5O3. The van der Waals surface area contributed by atoms with Crippen molar-refractivity contribution in [1.29, 1.82) is 0 Å². The fraction of sp³-hybridized carbons (Fsp3) is 0.500. The molecule has 0 saturated carbocycles. The monoisotopic (exact) mass is 385 g/mol. The van der Waals surface area contributed by atoms with Crippen LogP contribution in [0.4, 0.5) is 0 Å². The third-order valence-electron chi connectivity index (χ3n) is 5.07. The van der Waals surface area contributed by atoms with Crippen molar-refractivity contribution in [2.75, 3.05) is 13.6 Å². The fourth-order valence-electron chi connectivity index (χ4n) is 3.32. The minimum atomic E-state index is -0.611. The lowest BCUT2D eigenvalue weighted by molar-refractivity contribution is -0.137. The molecule has 28 heavy (non-hydrogen) atoms. The molecule has 3 rings (SSSR count). The maximum absolute atomic E-state index is 12.9. The van der Waals surface area contributed by atoms with Crippen LogP contribution in [0.5, 0.6) is 0 Å². The predicted octanol–water partition coefficient (Wildman–Crippen LogP) is 1.44. The molecule has 0 bridgehead atoms. The van der Waals surface area contributed by atoms with Gasteiger partial charge in [0.05, 0.1) is 18.5 Å². The van der Waals surface area contributed by atoms with E-state index < -0.39 is 6.04 Å². The number of aromatic nitrogens is 2. The Hall–Kier alpha value is -2.74. The van der Waals surface area contributed by atoms with Crippen molar-refractivity contribution >= 4 is 11.8 Å². The molecule has 0 radical (unpaired) electrons. The highest BCUT2D eigenvalue weighted by Crippen LogP contribution is 2.30. The van der Waals surface area contributed by atoms with Gasteiger partial charge in [-0.3, -0.25) is 9.59 Å². The third-order valence-corrected chi connectivity index (χ3v) is 5.07. The highest BCUT2D eigenvalue weighted by Gasteiger charge is 2.36. The van der Waals surface area contributed by atoms with Crippen molar-refractivity contribution in [2.45, 2.75) is 51.2 Å². The second-order valence-corrected chi connectivity index (χ2v) is 7.14. The SMILES string of the molecule is CN[C@@H](C)C(=O)N[C@@H](C)C(=O)N1CCC[C@H]1c1noc(Cc2ccccc2)n1. The summed E-state index contributed by atoms with van der Waals surface area (Å²) in [6.07, 6.45) is 2.21. The highest BCUT2D eigenvalue weighted by molar-refractivity contribution is 5.89. The van der Waals surface area contributed by atoms with Gasteiger partial charge < -0.3 is 20.1 Å². The lowest BCUT2D eigenvalue weighted by atomic mass is 10.1. The number of nitrogens with zero attached hydrogens (tertiary/aromatic N) is 3. The van der Waals surface area contributed by atoms with Crippen molar-refractivity contribution in [3.05, 3.63) is 47.6 Å². The van der Waals surface area contributed by atoms with Crippen LogP contribution < -0.4 is 10.6 Å². The molecule has 0 unspecified atom stereocenters. The summed E-state index contributed by atoms with van der Waals surface area (Å²) >= 11 is 0. The van der Waals surface area contributed by atoms with Gasteiger partial charge in [-0.05, 0) is 39.3 Å². The number of amides is 2. The van der Waals surface area contributed by atoms with E-state index in [0.29, 0.717) is 24.7 Å². The van der Waals surface area contributed by atoms with Crippen LogP contribution in [0.25, 0.3) is 0 Å². The van der Waals surface area contributed by atoms with Gasteiger partial charge in [0.2, 0.25) is 17.7 Å². The molecule has 1 saturated heterocycles. The van der Waals surface area contributed by atoms with Gasteiger partial charge in [-0.2, -0.15) is 4.98 Å². The Morgan fingerprint density at radius 1 is 1.25 bits per heavy atom. The molecule has 2 aromatic rings. The maximum Gasteiger partial charge on any atom is 0.245 e. The number of hydrogen-bond acceptors (Lipinski definition) is 6. The van der Waals surface area contributed by atoms with Crippen LogP contribution in [0.15, 0.2) is 34.9 Å². The van der Waals surface area contributed by atoms with Crippen LogP contribution in [-0.4, -0.2) is 52.5 Å². The first-order valence-corrected chi connectivity index (χ1v) is 9.64. The minimum Gasteiger partial charge on any atom is -0.343 e. The van der Waals surface area contributed by atoms with E-state index in [1.54, 1.807) is 25.8 Å². The van der Waals surface area contributed by atoms with Gasteiger partial charge in [-0.25, -0.2) is 0 Å². The number of rotatable bonds is 7. The number of carbonyl (C=O) groups is 2. The van der Waals surface area contributed by atoms with Crippen LogP contribution in [0.3, 0.4) is 0 Å². The molecule has 2 N–H and O–H groups in total. The number of nitrogens with one attached hydrogen (secondary N) is 2. The molecule has 1 aliphatic rings. The van der Waals surface area contributed by atoms with Gasteiger partial charge in [0, 0.05) is 6.54 Å². The third kappa shape index (κ3) is 4.56. The van der Waals surface area contributed by atoms with Gasteiger partial charge in [0.15, 0.2) is 5.82 Å². The molecule has 2 heterocycles. The lowest BCUT2D eigenvalue weighted by Crippen LogP contribution is -2.51. The molecule has 0 spiro atoms. The molecule has 2 amide bonds. The Kier molecular flexibility index (Phi) is 6.41. The summed E-state index contributed by atoms with van der Waals surface area (Å²) in [6.45, 7) is 4.07. The second-order valence-electron chi connectivity index (χ2n) is 7.14. The van der Waals surface area contributed by atoms with E-state index >= 15 is 0 Å². The first kappa shape index (κ1) is 20.0. The van der Waals surface area contributed by atoms with E-state index in [1.807, 2.05) is 30.3 Å². The molecule has 1 aromatic carbocycles. The van der Waals surface area contributed by atoms with Crippen molar-refractivity contribution < 1.29 is 14.1 Å². The van der Waals surface area contributed by atoms with Crippen LogP contribution in [-0.2, 0) is 16.0 Å². The average Bonchev–Trinajstić information content (AvgIpc) is 3.36. The zero-order valence-electron chi connectivity index (χ0n) is 16.5. The quantitative estimate of drug-likeness (QED) is 0.748. The molecule has 1 aliphatic heterocycles. The summed E-state index contributed by atoms with van der Waals surface area (Å²) in [5.41, 5.74) is 1.09. The van der Waals surface area contributed by atoms with Crippen LogP contribution in [0.1, 0.15) is 50.0 Å². The van der Waals surface area contributed by atoms with E-state index in [1.165, 1.54) is 0 Å². The number of hydrogen-bond donors (Lipinski definition) is 2. The van der Waals surface area contributed by atoms with E-state index in [-0.39, 0.29) is 23.9 Å². The predicted molar refractivity (Wildman–Crippen MR) is 103 cm³/mol. The topological polar surface area (TPSA) is 100 Å². The van der Waals surface area contributed by atoms with Crippen molar-refractivity contribution in [1.82, 2.24) is 25.7 Å². The molecule has 1 aromatic heterocycles. The van der Waals surface area contributed by atoms with Gasteiger partial charge in [0.25, 0.3) is 0 Å². The molecule has 150 valence electrons. The van der Waals surface area contributed by atoms with Crippen molar-refractivity contribution in [3.8, 4) is 0 Å². The fourth-order valence-corrected chi connectivity index (χ4v) is 3.32. The van der Waals surface area contributed by atoms with Crippen LogP contribution >= 0.6 is 0 Å². The summed E-state index contributed by atoms with van der Waals surface area (Å²) in [5.74, 6) is 0.723. The van der Waals surface area contributed by atoms with E-state index in [0.717, 1.165) is 18.4 Å². The first-order chi connectivity index (χ1) is 13.5. The van der Waals surface area contributed by atoms with E-state index in [4.69, 9.17) is 4.52 Å². The standard InChI is InChI=1S/C20H27N5O3/c1-13(21-3)19(26)22-14(2)20(27)25-11-7-10-16(25)18-23-17(28-24-18)12-15-8-5-4-6-9-15/h4-6,8-9,13-14,16,21H,7,10-12H2,1-3H3,(H,22,26)/t13-,14-,16-/m0/s1. The second kappa shape index (κ2) is 8.97. The van der Waals surface area contributed by atoms with Gasteiger partial charge >= 0.3 is 0 Å². The highest BCUT2D eigenvalue weighted by atomic mass is 16.5. The van der Waals surface area contributed by atoms with Crippen molar-refractivity contribution in [2.24, 2.45) is 0 Å². The summed E-state index contributed by atoms with van der Waals surface area (Å²) in [4.78, 5) is 31.2. The Balaban J connectivity index is 1.66. The molecule has 0 aliphatic carbocycles.